The van der Waals surface area contributed by atoms with E-state index in [9.17, 15) is 9.59 Å². The van der Waals surface area contributed by atoms with Crippen molar-refractivity contribution in [3.05, 3.63) is 89.8 Å². The fraction of sp³-hybridized carbons (Fsp3) is 0.182. The van der Waals surface area contributed by atoms with Gasteiger partial charge in [0.05, 0.1) is 12.5 Å². The molecule has 4 rings (SSSR count). The number of nitrogens with zero attached hydrogens (tertiary/aromatic N) is 3. The van der Waals surface area contributed by atoms with Gasteiger partial charge in [0.15, 0.2) is 0 Å². The normalized spacial score (nSPS) is 20.9. The highest BCUT2D eigenvalue weighted by molar-refractivity contribution is 5.99. The molecule has 0 saturated carbocycles. The van der Waals surface area contributed by atoms with Crippen LogP contribution in [0.25, 0.3) is 0 Å². The van der Waals surface area contributed by atoms with Crippen LogP contribution in [0, 0.1) is 11.8 Å². The van der Waals surface area contributed by atoms with Crippen LogP contribution in [0.2, 0.25) is 0 Å². The molecule has 0 bridgehead atoms. The summed E-state index contributed by atoms with van der Waals surface area (Å²) in [6.45, 7) is 0.588. The van der Waals surface area contributed by atoms with Crippen molar-refractivity contribution < 1.29 is 9.59 Å². The minimum absolute atomic E-state index is 0.00991. The number of hydrazone groups is 1. The van der Waals surface area contributed by atoms with Gasteiger partial charge in [-0.2, -0.15) is 10.2 Å². The zero-order valence-electron chi connectivity index (χ0n) is 15.2. The Labute approximate surface area is 162 Å². The Morgan fingerprint density at radius 1 is 1.32 bits per heavy atom. The molecule has 0 spiro atoms. The average molecular weight is 372 g/mol. The second-order valence-corrected chi connectivity index (χ2v) is 6.79. The quantitative estimate of drug-likeness (QED) is 0.648. The number of carbonyl (C=O) groups is 2. The molecule has 2 aliphatic carbocycles. The standard InChI is InChI=1S/C22H20N4O2/c27-21-10-9-17-6-1-2-8-19(17)20(21)14-23-25-22(28)18-7-3-5-16(13-18)15-26-12-4-11-24-26/h1-9,11-14,19-20H,10,15H2,(H,25,28)/b23-14-. The molecule has 1 N–H and O–H groups in total. The molecule has 2 aliphatic rings. The molecule has 0 saturated heterocycles. The highest BCUT2D eigenvalue weighted by atomic mass is 16.2. The first-order valence-electron chi connectivity index (χ1n) is 9.18. The van der Waals surface area contributed by atoms with Gasteiger partial charge in [0.25, 0.3) is 5.91 Å². The zero-order chi connectivity index (χ0) is 19.3. The number of hydrogen-bond donors (Lipinski definition) is 1. The van der Waals surface area contributed by atoms with Gasteiger partial charge < -0.3 is 0 Å². The van der Waals surface area contributed by atoms with Crippen LogP contribution < -0.4 is 5.43 Å². The van der Waals surface area contributed by atoms with Crippen LogP contribution in [0.3, 0.4) is 0 Å². The van der Waals surface area contributed by atoms with Crippen LogP contribution in [-0.4, -0.2) is 27.7 Å². The van der Waals surface area contributed by atoms with E-state index in [1.807, 2.05) is 60.8 Å². The van der Waals surface area contributed by atoms with Crippen LogP contribution in [0.4, 0.5) is 0 Å². The van der Waals surface area contributed by atoms with E-state index in [4.69, 9.17) is 0 Å². The van der Waals surface area contributed by atoms with Crippen molar-refractivity contribution in [3.8, 4) is 0 Å². The summed E-state index contributed by atoms with van der Waals surface area (Å²) in [5.41, 5.74) is 5.15. The Hall–Kier alpha value is -3.54. The highest BCUT2D eigenvalue weighted by Crippen LogP contribution is 2.31. The summed E-state index contributed by atoms with van der Waals surface area (Å²) in [6.07, 6.45) is 15.4. The topological polar surface area (TPSA) is 76.3 Å². The molecule has 6 nitrogen and oxygen atoms in total. The molecule has 1 heterocycles. The second-order valence-electron chi connectivity index (χ2n) is 6.79. The van der Waals surface area contributed by atoms with E-state index in [1.165, 1.54) is 0 Å². The number of ketones is 1. The summed E-state index contributed by atoms with van der Waals surface area (Å²) in [6, 6.07) is 9.18. The van der Waals surface area contributed by atoms with E-state index in [-0.39, 0.29) is 23.5 Å². The van der Waals surface area contributed by atoms with E-state index in [1.54, 1.807) is 23.2 Å². The molecule has 0 radical (unpaired) electrons. The molecule has 0 aliphatic heterocycles. The number of amides is 1. The molecule has 140 valence electrons. The Balaban J connectivity index is 1.41. The predicted molar refractivity (Wildman–Crippen MR) is 107 cm³/mol. The zero-order valence-corrected chi connectivity index (χ0v) is 15.2. The maximum Gasteiger partial charge on any atom is 0.271 e. The number of aromatic nitrogens is 2. The van der Waals surface area contributed by atoms with Gasteiger partial charge in [-0.25, -0.2) is 5.43 Å². The molecule has 2 aromatic rings. The van der Waals surface area contributed by atoms with Crippen molar-refractivity contribution in [2.45, 2.75) is 13.0 Å². The van der Waals surface area contributed by atoms with Gasteiger partial charge in [-0.1, -0.05) is 42.5 Å². The molecule has 2 unspecified atom stereocenters. The average Bonchev–Trinajstić information content (AvgIpc) is 3.23. The lowest BCUT2D eigenvalue weighted by molar-refractivity contribution is -0.121. The van der Waals surface area contributed by atoms with Gasteiger partial charge in [-0.05, 0) is 29.3 Å². The summed E-state index contributed by atoms with van der Waals surface area (Å²) in [5.74, 6) is -0.568. The Bertz CT molecular complexity index is 999. The fourth-order valence-corrected chi connectivity index (χ4v) is 3.47. The fourth-order valence-electron chi connectivity index (χ4n) is 3.47. The highest BCUT2D eigenvalue weighted by Gasteiger charge is 2.30. The molecule has 1 amide bonds. The van der Waals surface area contributed by atoms with Gasteiger partial charge in [0.1, 0.15) is 5.78 Å². The molecule has 1 aromatic carbocycles. The SMILES string of the molecule is O=C(N/N=C\C1C(=O)CC=C2C=CC=CC21)c1cccc(Cn2cccn2)c1. The van der Waals surface area contributed by atoms with Crippen LogP contribution in [0.1, 0.15) is 22.3 Å². The smallest absolute Gasteiger partial charge is 0.271 e. The van der Waals surface area contributed by atoms with Crippen molar-refractivity contribution in [1.82, 2.24) is 15.2 Å². The minimum Gasteiger partial charge on any atom is -0.299 e. The van der Waals surface area contributed by atoms with Crippen molar-refractivity contribution >= 4 is 17.9 Å². The number of carbonyl (C=O) groups excluding carboxylic acids is 2. The van der Waals surface area contributed by atoms with Gasteiger partial charge in [0, 0.05) is 36.5 Å². The minimum atomic E-state index is -0.354. The summed E-state index contributed by atoms with van der Waals surface area (Å²) < 4.78 is 1.79. The predicted octanol–water partition coefficient (Wildman–Crippen LogP) is 2.90. The van der Waals surface area contributed by atoms with Crippen LogP contribution in [0.15, 0.2) is 83.8 Å². The molecule has 6 heteroatoms. The first kappa shape index (κ1) is 17.9. The van der Waals surface area contributed by atoms with Crippen molar-refractivity contribution in [1.29, 1.82) is 0 Å². The summed E-state index contributed by atoms with van der Waals surface area (Å²) in [5, 5.41) is 8.24. The van der Waals surface area contributed by atoms with Gasteiger partial charge in [-0.3, -0.25) is 14.3 Å². The Kier molecular flexibility index (Phi) is 5.10. The second kappa shape index (κ2) is 8.00. The third kappa shape index (κ3) is 3.91. The summed E-state index contributed by atoms with van der Waals surface area (Å²) >= 11 is 0. The maximum absolute atomic E-state index is 12.4. The molecule has 0 fully saturated rings. The molecule has 28 heavy (non-hydrogen) atoms. The van der Waals surface area contributed by atoms with E-state index in [0.29, 0.717) is 18.5 Å². The van der Waals surface area contributed by atoms with Gasteiger partial charge in [0.2, 0.25) is 0 Å². The third-order valence-corrected chi connectivity index (χ3v) is 4.89. The number of benzene rings is 1. The van der Waals surface area contributed by atoms with E-state index >= 15 is 0 Å². The van der Waals surface area contributed by atoms with Crippen LogP contribution >= 0.6 is 0 Å². The van der Waals surface area contributed by atoms with Gasteiger partial charge >= 0.3 is 0 Å². The Morgan fingerprint density at radius 3 is 3.11 bits per heavy atom. The third-order valence-electron chi connectivity index (χ3n) is 4.89. The number of rotatable bonds is 5. The number of nitrogens with one attached hydrogen (secondary N) is 1. The molecular weight excluding hydrogens is 352 g/mol. The number of allylic oxidation sites excluding steroid dienone is 6. The lowest BCUT2D eigenvalue weighted by Gasteiger charge is -2.26. The van der Waals surface area contributed by atoms with Crippen molar-refractivity contribution in [2.75, 3.05) is 0 Å². The van der Waals surface area contributed by atoms with Crippen molar-refractivity contribution in [3.63, 3.8) is 0 Å². The molecule has 2 atom stereocenters. The lowest BCUT2D eigenvalue weighted by Crippen LogP contribution is -2.30. The lowest BCUT2D eigenvalue weighted by atomic mass is 9.76. The number of hydrogen-bond acceptors (Lipinski definition) is 4. The monoisotopic (exact) mass is 372 g/mol. The first-order valence-corrected chi connectivity index (χ1v) is 9.18. The van der Waals surface area contributed by atoms with E-state index in [2.05, 4.69) is 15.6 Å². The Morgan fingerprint density at radius 2 is 2.25 bits per heavy atom. The molecular formula is C22H20N4O2. The summed E-state index contributed by atoms with van der Waals surface area (Å²) in [7, 11) is 0. The molecule has 1 aromatic heterocycles. The van der Waals surface area contributed by atoms with E-state index < -0.39 is 0 Å². The summed E-state index contributed by atoms with van der Waals surface area (Å²) in [4.78, 5) is 24.7. The van der Waals surface area contributed by atoms with E-state index in [0.717, 1.165) is 11.1 Å². The van der Waals surface area contributed by atoms with Gasteiger partial charge in [-0.15, -0.1) is 0 Å². The number of Topliss-reactive ketones (excluding diaryl/α,β-unsaturated/α-hetero) is 1. The number of fused-ring (bicyclic) bond motifs is 1. The van der Waals surface area contributed by atoms with Crippen LogP contribution in [0.5, 0.6) is 0 Å². The van der Waals surface area contributed by atoms with Crippen LogP contribution in [-0.2, 0) is 11.3 Å². The largest absolute Gasteiger partial charge is 0.299 e. The van der Waals surface area contributed by atoms with Crippen molar-refractivity contribution in [2.24, 2.45) is 16.9 Å². The first-order chi connectivity index (χ1) is 13.7. The maximum atomic E-state index is 12.4.